The Hall–Kier alpha value is -4.46. The lowest BCUT2D eigenvalue weighted by Crippen LogP contribution is -2.44. The average Bonchev–Trinajstić information content (AvgIpc) is 2.88. The van der Waals surface area contributed by atoms with E-state index >= 15 is 0 Å². The average molecular weight is 494 g/mol. The van der Waals surface area contributed by atoms with Crippen molar-refractivity contribution in [3.63, 3.8) is 0 Å². The molecule has 3 N–H and O–H groups in total. The van der Waals surface area contributed by atoms with Gasteiger partial charge in [0.05, 0.1) is 28.2 Å². The lowest BCUT2D eigenvalue weighted by Gasteiger charge is -2.28. The van der Waals surface area contributed by atoms with Gasteiger partial charge in [-0.25, -0.2) is 19.9 Å². The molecule has 2 heterocycles. The number of aromatic nitrogens is 4. The summed E-state index contributed by atoms with van der Waals surface area (Å²) in [6, 6.07) is 17.5. The van der Waals surface area contributed by atoms with E-state index in [2.05, 4.69) is 30.6 Å². The predicted molar refractivity (Wildman–Crippen MR) is 146 cm³/mol. The molecule has 2 aromatic heterocycles. The van der Waals surface area contributed by atoms with Crippen molar-refractivity contribution < 1.29 is 4.79 Å². The van der Waals surface area contributed by atoms with E-state index in [0.717, 1.165) is 22.3 Å². The van der Waals surface area contributed by atoms with E-state index in [0.29, 0.717) is 40.7 Å². The van der Waals surface area contributed by atoms with Gasteiger partial charge in [-0.1, -0.05) is 59.7 Å². The smallest absolute Gasteiger partial charge is 0.270 e. The van der Waals surface area contributed by atoms with Gasteiger partial charge in [0.15, 0.2) is 0 Å². The molecule has 1 amide bonds. The molecular formula is C29H31N7O. The molecule has 0 radical (unpaired) electrons. The SMILES string of the molecule is Cc1ccc(C(=N)c2c(C)ncnc2NC(C)(C)CNC(=O)c2cc(-c3ccc(C)cc3)ncn2)cc1. The minimum atomic E-state index is -0.578. The summed E-state index contributed by atoms with van der Waals surface area (Å²) in [6.45, 7) is 10.1. The molecule has 37 heavy (non-hydrogen) atoms. The number of anilines is 1. The van der Waals surface area contributed by atoms with Gasteiger partial charge < -0.3 is 10.6 Å². The topological polar surface area (TPSA) is 117 Å². The van der Waals surface area contributed by atoms with Crippen LogP contribution in [0.1, 0.15) is 52.3 Å². The van der Waals surface area contributed by atoms with Crippen LogP contribution in [0.25, 0.3) is 11.3 Å². The van der Waals surface area contributed by atoms with Gasteiger partial charge in [-0.15, -0.1) is 0 Å². The molecule has 0 atom stereocenters. The number of carbonyl (C=O) groups excluding carboxylic acids is 1. The molecule has 0 unspecified atom stereocenters. The van der Waals surface area contributed by atoms with Crippen LogP contribution in [0.2, 0.25) is 0 Å². The third-order valence-electron chi connectivity index (χ3n) is 6.02. The molecule has 0 bridgehead atoms. The van der Waals surface area contributed by atoms with Crippen LogP contribution in [-0.2, 0) is 0 Å². The first kappa shape index (κ1) is 25.6. The van der Waals surface area contributed by atoms with Crippen molar-refractivity contribution >= 4 is 17.4 Å². The van der Waals surface area contributed by atoms with Gasteiger partial charge in [0.1, 0.15) is 24.2 Å². The summed E-state index contributed by atoms with van der Waals surface area (Å²) in [5.41, 5.74) is 6.06. The summed E-state index contributed by atoms with van der Waals surface area (Å²) < 4.78 is 0. The van der Waals surface area contributed by atoms with Gasteiger partial charge in [0, 0.05) is 17.7 Å². The van der Waals surface area contributed by atoms with Crippen LogP contribution >= 0.6 is 0 Å². The van der Waals surface area contributed by atoms with Crippen LogP contribution in [0.5, 0.6) is 0 Å². The monoisotopic (exact) mass is 493 g/mol. The molecule has 8 heteroatoms. The highest BCUT2D eigenvalue weighted by molar-refractivity contribution is 6.14. The van der Waals surface area contributed by atoms with Crippen molar-refractivity contribution in [1.29, 1.82) is 5.41 Å². The van der Waals surface area contributed by atoms with Crippen LogP contribution in [0.3, 0.4) is 0 Å². The Morgan fingerprint density at radius 2 is 1.49 bits per heavy atom. The summed E-state index contributed by atoms with van der Waals surface area (Å²) >= 11 is 0. The van der Waals surface area contributed by atoms with Crippen LogP contribution in [0, 0.1) is 26.2 Å². The van der Waals surface area contributed by atoms with E-state index in [9.17, 15) is 4.79 Å². The summed E-state index contributed by atoms with van der Waals surface area (Å²) in [4.78, 5) is 30.1. The number of rotatable bonds is 8. The van der Waals surface area contributed by atoms with E-state index in [-0.39, 0.29) is 5.91 Å². The Labute approximate surface area is 217 Å². The Kier molecular flexibility index (Phi) is 7.38. The van der Waals surface area contributed by atoms with Crippen molar-refractivity contribution in [2.24, 2.45) is 0 Å². The molecule has 2 aromatic carbocycles. The molecule has 0 fully saturated rings. The maximum Gasteiger partial charge on any atom is 0.270 e. The van der Waals surface area contributed by atoms with Gasteiger partial charge in [-0.05, 0) is 40.7 Å². The van der Waals surface area contributed by atoms with E-state index in [4.69, 9.17) is 5.41 Å². The van der Waals surface area contributed by atoms with Crippen molar-refractivity contribution in [2.45, 2.75) is 40.2 Å². The Bertz CT molecular complexity index is 1430. The van der Waals surface area contributed by atoms with Gasteiger partial charge in [0.2, 0.25) is 0 Å². The normalized spacial score (nSPS) is 11.2. The first-order chi connectivity index (χ1) is 17.6. The van der Waals surface area contributed by atoms with Crippen LogP contribution < -0.4 is 10.6 Å². The fourth-order valence-electron chi connectivity index (χ4n) is 3.85. The number of carbonyl (C=O) groups is 1. The first-order valence-corrected chi connectivity index (χ1v) is 12.1. The predicted octanol–water partition coefficient (Wildman–Crippen LogP) is 4.90. The van der Waals surface area contributed by atoms with Crippen molar-refractivity contribution in [3.8, 4) is 11.3 Å². The molecule has 0 saturated carbocycles. The molecule has 188 valence electrons. The molecule has 0 aliphatic rings. The second kappa shape index (κ2) is 10.7. The molecule has 8 nitrogen and oxygen atoms in total. The number of hydrogen-bond acceptors (Lipinski definition) is 7. The quantitative estimate of drug-likeness (QED) is 0.301. The first-order valence-electron chi connectivity index (χ1n) is 12.1. The summed E-state index contributed by atoms with van der Waals surface area (Å²) in [7, 11) is 0. The fraction of sp³-hybridized carbons (Fsp3) is 0.241. The summed E-state index contributed by atoms with van der Waals surface area (Å²) in [5.74, 6) is 0.248. The van der Waals surface area contributed by atoms with Gasteiger partial charge in [-0.3, -0.25) is 10.2 Å². The number of benzene rings is 2. The molecule has 4 rings (SSSR count). The summed E-state index contributed by atoms with van der Waals surface area (Å²) in [6.07, 6.45) is 2.88. The number of nitrogens with zero attached hydrogens (tertiary/aromatic N) is 4. The largest absolute Gasteiger partial charge is 0.363 e. The molecule has 0 aliphatic heterocycles. The van der Waals surface area contributed by atoms with E-state index in [1.54, 1.807) is 6.07 Å². The second-order valence-electron chi connectivity index (χ2n) is 9.77. The molecular weight excluding hydrogens is 462 g/mol. The van der Waals surface area contributed by atoms with Gasteiger partial charge >= 0.3 is 0 Å². The number of hydrogen-bond donors (Lipinski definition) is 3. The van der Waals surface area contributed by atoms with Gasteiger partial charge in [0.25, 0.3) is 5.91 Å². The molecule has 0 spiro atoms. The van der Waals surface area contributed by atoms with Gasteiger partial charge in [-0.2, -0.15) is 0 Å². The number of amides is 1. The highest BCUT2D eigenvalue weighted by Crippen LogP contribution is 2.23. The van der Waals surface area contributed by atoms with Crippen LogP contribution in [0.15, 0.2) is 67.3 Å². The molecule has 0 saturated heterocycles. The summed E-state index contributed by atoms with van der Waals surface area (Å²) in [5, 5.41) is 15.2. The van der Waals surface area contributed by atoms with E-state index in [1.165, 1.54) is 12.7 Å². The zero-order valence-electron chi connectivity index (χ0n) is 21.8. The van der Waals surface area contributed by atoms with E-state index < -0.39 is 5.54 Å². The Morgan fingerprint density at radius 3 is 2.16 bits per heavy atom. The number of nitrogens with one attached hydrogen (secondary N) is 3. The fourth-order valence-corrected chi connectivity index (χ4v) is 3.85. The van der Waals surface area contributed by atoms with Crippen molar-refractivity contribution in [1.82, 2.24) is 25.3 Å². The second-order valence-corrected chi connectivity index (χ2v) is 9.77. The lowest BCUT2D eigenvalue weighted by molar-refractivity contribution is 0.0942. The lowest BCUT2D eigenvalue weighted by atomic mass is 9.99. The van der Waals surface area contributed by atoms with Crippen molar-refractivity contribution in [2.75, 3.05) is 11.9 Å². The minimum absolute atomic E-state index is 0.293. The van der Waals surface area contributed by atoms with E-state index in [1.807, 2.05) is 83.1 Å². The highest BCUT2D eigenvalue weighted by Gasteiger charge is 2.24. The maximum atomic E-state index is 12.9. The Balaban J connectivity index is 1.48. The van der Waals surface area contributed by atoms with Crippen LogP contribution in [-0.4, -0.2) is 43.6 Å². The third-order valence-corrected chi connectivity index (χ3v) is 6.02. The third kappa shape index (κ3) is 6.22. The van der Waals surface area contributed by atoms with Crippen molar-refractivity contribution in [3.05, 3.63) is 101 Å². The molecule has 4 aromatic rings. The highest BCUT2D eigenvalue weighted by atomic mass is 16.1. The van der Waals surface area contributed by atoms with Crippen LogP contribution in [0.4, 0.5) is 5.82 Å². The zero-order valence-corrected chi connectivity index (χ0v) is 21.8. The number of aryl methyl sites for hydroxylation is 3. The minimum Gasteiger partial charge on any atom is -0.363 e. The zero-order chi connectivity index (χ0) is 26.6. The molecule has 0 aliphatic carbocycles. The standard InChI is InChI=1S/C29H31N7O/c1-18-6-10-21(11-7-18)23-14-24(34-17-33-23)28(37)31-15-29(4,5)36-27-25(20(3)32-16-35-27)26(30)22-12-8-19(2)9-13-22/h6-14,16-17,30H,15H2,1-5H3,(H,31,37)(H,32,35,36). The Morgan fingerprint density at radius 1 is 0.865 bits per heavy atom. The maximum absolute atomic E-state index is 12.9.